The van der Waals surface area contributed by atoms with Crippen LogP contribution in [0.15, 0.2) is 12.3 Å². The summed E-state index contributed by atoms with van der Waals surface area (Å²) in [5.41, 5.74) is 0.464. The third kappa shape index (κ3) is 2.42. The number of Topliss-reactive ketones (excluding diaryl/α,β-unsaturated/α-hetero) is 1. The Morgan fingerprint density at radius 1 is 1.69 bits per heavy atom. The second-order valence-electron chi connectivity index (χ2n) is 2.49. The van der Waals surface area contributed by atoms with E-state index in [0.717, 1.165) is 0 Å². The largest absolute Gasteiger partial charge is 0.493 e. The maximum Gasteiger partial charge on any atom is 0.165 e. The Kier molecular flexibility index (Phi) is 3.25. The monoisotopic (exact) mass is 199 g/mol. The van der Waals surface area contributed by atoms with Gasteiger partial charge in [0.1, 0.15) is 10.9 Å². The maximum atomic E-state index is 11.1. The fourth-order valence-electron chi connectivity index (χ4n) is 0.952. The molecule has 1 aromatic heterocycles. The van der Waals surface area contributed by atoms with Crippen molar-refractivity contribution in [3.8, 4) is 5.75 Å². The first-order valence-corrected chi connectivity index (χ1v) is 4.32. The zero-order valence-corrected chi connectivity index (χ0v) is 8.26. The molecule has 0 aromatic carbocycles. The number of ether oxygens (including phenoxy) is 1. The molecule has 1 aromatic rings. The Morgan fingerprint density at radius 3 is 2.92 bits per heavy atom. The molecule has 3 nitrogen and oxygen atoms in total. The summed E-state index contributed by atoms with van der Waals surface area (Å²) in [6.07, 6.45) is 1.43. The summed E-state index contributed by atoms with van der Waals surface area (Å²) >= 11 is 5.65. The quantitative estimate of drug-likeness (QED) is 0.554. The van der Waals surface area contributed by atoms with Crippen molar-refractivity contribution in [3.05, 3.63) is 23.0 Å². The lowest BCUT2D eigenvalue weighted by Crippen LogP contribution is -2.01. The Bertz CT molecular complexity index is 325. The predicted octanol–water partition coefficient (Wildman–Crippen LogP) is 2.34. The summed E-state index contributed by atoms with van der Waals surface area (Å²) in [6.45, 7) is 3.81. The summed E-state index contributed by atoms with van der Waals surface area (Å²) in [6, 6.07) is 1.54. The fourth-order valence-corrected chi connectivity index (χ4v) is 1.10. The van der Waals surface area contributed by atoms with Crippen molar-refractivity contribution >= 4 is 17.4 Å². The first kappa shape index (κ1) is 9.99. The number of hydrogen-bond acceptors (Lipinski definition) is 3. The minimum Gasteiger partial charge on any atom is -0.493 e. The van der Waals surface area contributed by atoms with Crippen LogP contribution in [0, 0.1) is 0 Å². The zero-order chi connectivity index (χ0) is 9.84. The van der Waals surface area contributed by atoms with Crippen molar-refractivity contribution in [1.82, 2.24) is 4.98 Å². The summed E-state index contributed by atoms with van der Waals surface area (Å²) in [5.74, 6) is 0.419. The molecule has 0 radical (unpaired) electrons. The average Bonchev–Trinajstić information content (AvgIpc) is 2.04. The van der Waals surface area contributed by atoms with E-state index in [1.807, 2.05) is 6.92 Å². The Morgan fingerprint density at radius 2 is 2.38 bits per heavy atom. The molecule has 0 N–H and O–H groups in total. The Labute approximate surface area is 81.7 Å². The molecular weight excluding hydrogens is 190 g/mol. The van der Waals surface area contributed by atoms with Crippen molar-refractivity contribution in [2.24, 2.45) is 0 Å². The molecule has 0 saturated heterocycles. The van der Waals surface area contributed by atoms with E-state index < -0.39 is 0 Å². The van der Waals surface area contributed by atoms with Crippen LogP contribution in [0.2, 0.25) is 5.15 Å². The molecule has 0 amide bonds. The molecule has 1 rings (SSSR count). The van der Waals surface area contributed by atoms with Gasteiger partial charge in [-0.15, -0.1) is 0 Å². The van der Waals surface area contributed by atoms with Gasteiger partial charge in [-0.25, -0.2) is 4.98 Å². The van der Waals surface area contributed by atoms with Crippen molar-refractivity contribution < 1.29 is 9.53 Å². The van der Waals surface area contributed by atoms with E-state index in [9.17, 15) is 4.79 Å². The van der Waals surface area contributed by atoms with E-state index in [4.69, 9.17) is 16.3 Å². The molecule has 0 unspecified atom stereocenters. The first-order valence-electron chi connectivity index (χ1n) is 3.94. The van der Waals surface area contributed by atoms with E-state index in [2.05, 4.69) is 4.98 Å². The fraction of sp³-hybridized carbons (Fsp3) is 0.333. The van der Waals surface area contributed by atoms with Crippen molar-refractivity contribution in [2.75, 3.05) is 6.61 Å². The maximum absolute atomic E-state index is 11.1. The van der Waals surface area contributed by atoms with Gasteiger partial charge < -0.3 is 4.74 Å². The Balaban J connectivity index is 3.10. The van der Waals surface area contributed by atoms with E-state index in [1.165, 1.54) is 13.1 Å². The van der Waals surface area contributed by atoms with Crippen LogP contribution in [0.5, 0.6) is 5.75 Å². The van der Waals surface area contributed by atoms with Crippen molar-refractivity contribution in [3.63, 3.8) is 0 Å². The van der Waals surface area contributed by atoms with Crippen LogP contribution < -0.4 is 4.74 Å². The molecule has 13 heavy (non-hydrogen) atoms. The Hall–Kier alpha value is -1.09. The highest BCUT2D eigenvalue weighted by Crippen LogP contribution is 2.21. The lowest BCUT2D eigenvalue weighted by molar-refractivity contribution is 0.101. The molecule has 0 saturated carbocycles. The number of carbonyl (C=O) groups excluding carboxylic acids is 1. The van der Waals surface area contributed by atoms with Crippen LogP contribution in [-0.2, 0) is 0 Å². The second-order valence-corrected chi connectivity index (χ2v) is 2.88. The number of aromatic nitrogens is 1. The van der Waals surface area contributed by atoms with Crippen LogP contribution >= 0.6 is 11.6 Å². The minimum atomic E-state index is -0.0763. The molecule has 1 heterocycles. The van der Waals surface area contributed by atoms with E-state index in [0.29, 0.717) is 23.1 Å². The summed E-state index contributed by atoms with van der Waals surface area (Å²) in [4.78, 5) is 14.9. The SMILES string of the molecule is CCOc1cc(Cl)ncc1C(C)=O. The lowest BCUT2D eigenvalue weighted by Gasteiger charge is -2.06. The smallest absolute Gasteiger partial charge is 0.165 e. The molecule has 0 atom stereocenters. The number of halogens is 1. The van der Waals surface area contributed by atoms with Crippen molar-refractivity contribution in [2.45, 2.75) is 13.8 Å². The molecule has 0 fully saturated rings. The van der Waals surface area contributed by atoms with Gasteiger partial charge in [-0.05, 0) is 13.8 Å². The number of nitrogens with zero attached hydrogens (tertiary/aromatic N) is 1. The number of pyridine rings is 1. The van der Waals surface area contributed by atoms with Crippen LogP contribution in [-0.4, -0.2) is 17.4 Å². The van der Waals surface area contributed by atoms with Gasteiger partial charge in [0.15, 0.2) is 5.78 Å². The van der Waals surface area contributed by atoms with Crippen LogP contribution in [0.1, 0.15) is 24.2 Å². The van der Waals surface area contributed by atoms with Gasteiger partial charge in [0.05, 0.1) is 12.2 Å². The van der Waals surface area contributed by atoms with Gasteiger partial charge in [0.2, 0.25) is 0 Å². The third-order valence-corrected chi connectivity index (χ3v) is 1.72. The van der Waals surface area contributed by atoms with E-state index >= 15 is 0 Å². The molecule has 0 spiro atoms. The van der Waals surface area contributed by atoms with Gasteiger partial charge in [-0.1, -0.05) is 11.6 Å². The van der Waals surface area contributed by atoms with Crippen molar-refractivity contribution in [1.29, 1.82) is 0 Å². The topological polar surface area (TPSA) is 39.2 Å². The molecule has 4 heteroatoms. The zero-order valence-electron chi connectivity index (χ0n) is 7.50. The number of rotatable bonds is 3. The standard InChI is InChI=1S/C9H10ClNO2/c1-3-13-8-4-9(10)11-5-7(8)6(2)12/h4-5H,3H2,1-2H3. The van der Waals surface area contributed by atoms with Gasteiger partial charge >= 0.3 is 0 Å². The van der Waals surface area contributed by atoms with Gasteiger partial charge in [0.25, 0.3) is 0 Å². The third-order valence-electron chi connectivity index (χ3n) is 1.51. The van der Waals surface area contributed by atoms with Crippen LogP contribution in [0.3, 0.4) is 0 Å². The van der Waals surface area contributed by atoms with Gasteiger partial charge in [0, 0.05) is 12.3 Å². The lowest BCUT2D eigenvalue weighted by atomic mass is 10.2. The normalized spacial score (nSPS) is 9.77. The van der Waals surface area contributed by atoms with Crippen LogP contribution in [0.25, 0.3) is 0 Å². The summed E-state index contributed by atoms with van der Waals surface area (Å²) < 4.78 is 5.23. The molecule has 70 valence electrons. The van der Waals surface area contributed by atoms with E-state index in [-0.39, 0.29) is 5.78 Å². The van der Waals surface area contributed by atoms with E-state index in [1.54, 1.807) is 6.07 Å². The highest BCUT2D eigenvalue weighted by molar-refractivity contribution is 6.29. The number of hydrogen-bond donors (Lipinski definition) is 0. The van der Waals surface area contributed by atoms with Crippen LogP contribution in [0.4, 0.5) is 0 Å². The number of carbonyl (C=O) groups is 1. The predicted molar refractivity (Wildman–Crippen MR) is 50.4 cm³/mol. The average molecular weight is 200 g/mol. The minimum absolute atomic E-state index is 0.0763. The summed E-state index contributed by atoms with van der Waals surface area (Å²) in [5, 5.41) is 0.327. The summed E-state index contributed by atoms with van der Waals surface area (Å²) in [7, 11) is 0. The molecule has 0 aliphatic carbocycles. The molecular formula is C9H10ClNO2. The van der Waals surface area contributed by atoms with Gasteiger partial charge in [-0.3, -0.25) is 4.79 Å². The first-order chi connectivity index (χ1) is 6.15. The second kappa shape index (κ2) is 4.23. The molecule has 0 bridgehead atoms. The molecule has 0 aliphatic rings. The molecule has 0 aliphatic heterocycles. The van der Waals surface area contributed by atoms with Gasteiger partial charge in [-0.2, -0.15) is 0 Å². The highest BCUT2D eigenvalue weighted by atomic mass is 35.5. The number of ketones is 1. The highest BCUT2D eigenvalue weighted by Gasteiger charge is 2.09.